The summed E-state index contributed by atoms with van der Waals surface area (Å²) < 4.78 is 23.9. The fraction of sp³-hybridized carbons (Fsp3) is 0.905. The molecular formula is C42H66O14. The minimum Gasteiger partial charge on any atom is -0.481 e. The number of allylic oxidation sites excluding steroid dienone is 1. The Hall–Kier alpha value is -1.72. The molecule has 7 rings (SSSR count). The number of esters is 1. The summed E-state index contributed by atoms with van der Waals surface area (Å²) >= 11 is 0. The van der Waals surface area contributed by atoms with Crippen LogP contribution in [-0.4, -0.2) is 127 Å². The summed E-state index contributed by atoms with van der Waals surface area (Å²) in [6, 6.07) is 0. The molecule has 5 aliphatic carbocycles. The van der Waals surface area contributed by atoms with E-state index in [-0.39, 0.29) is 48.0 Å². The van der Waals surface area contributed by atoms with Crippen molar-refractivity contribution in [2.24, 2.45) is 56.7 Å². The van der Waals surface area contributed by atoms with E-state index in [1.807, 2.05) is 0 Å². The molecule has 0 spiro atoms. The largest absolute Gasteiger partial charge is 0.481 e. The van der Waals surface area contributed by atoms with Crippen LogP contribution in [0.3, 0.4) is 0 Å². The molecule has 4 saturated carbocycles. The Morgan fingerprint density at radius 1 is 0.768 bits per heavy atom. The van der Waals surface area contributed by atoms with Crippen LogP contribution >= 0.6 is 0 Å². The maximum Gasteiger partial charge on any atom is 0.315 e. The first kappa shape index (κ1) is 42.4. The molecule has 2 aliphatic heterocycles. The predicted octanol–water partition coefficient (Wildman–Crippen LogP) is 2.26. The van der Waals surface area contributed by atoms with Gasteiger partial charge in [-0.25, -0.2) is 0 Å². The number of hydrogen-bond donors (Lipinski definition) is 8. The maximum atomic E-state index is 14.6. The molecule has 2 saturated heterocycles. The molecule has 0 bridgehead atoms. The molecule has 0 aromatic heterocycles. The van der Waals surface area contributed by atoms with Crippen molar-refractivity contribution in [2.75, 3.05) is 6.61 Å². The van der Waals surface area contributed by atoms with Gasteiger partial charge >= 0.3 is 11.9 Å². The number of aliphatic carboxylic acids is 1. The molecule has 20 atom stereocenters. The van der Waals surface area contributed by atoms with Crippen LogP contribution in [-0.2, 0) is 28.5 Å². The van der Waals surface area contributed by atoms with E-state index in [4.69, 9.17) is 18.9 Å². The third kappa shape index (κ3) is 5.85. The molecule has 2 heterocycles. The van der Waals surface area contributed by atoms with Crippen LogP contribution in [0.1, 0.15) is 106 Å². The predicted molar refractivity (Wildman–Crippen MR) is 198 cm³/mol. The monoisotopic (exact) mass is 794 g/mol. The maximum absolute atomic E-state index is 14.6. The Bertz CT molecular complexity index is 1550. The molecule has 8 N–H and O–H groups in total. The average Bonchev–Trinajstić information content (AvgIpc) is 3.14. The lowest BCUT2D eigenvalue weighted by atomic mass is 9.33. The van der Waals surface area contributed by atoms with Crippen molar-refractivity contribution in [3.8, 4) is 0 Å². The molecule has 0 aromatic rings. The van der Waals surface area contributed by atoms with E-state index in [1.165, 1.54) is 6.92 Å². The number of carbonyl (C=O) groups is 2. The first-order chi connectivity index (χ1) is 26.1. The van der Waals surface area contributed by atoms with E-state index in [0.29, 0.717) is 25.7 Å². The van der Waals surface area contributed by atoms with Crippen molar-refractivity contribution in [1.82, 2.24) is 0 Å². The number of carbonyl (C=O) groups excluding carboxylic acids is 1. The Morgan fingerprint density at radius 3 is 2.09 bits per heavy atom. The zero-order valence-corrected chi connectivity index (χ0v) is 33.9. The number of carboxylic acid groups (broad SMARTS) is 1. The zero-order valence-electron chi connectivity index (χ0n) is 33.9. The van der Waals surface area contributed by atoms with Gasteiger partial charge in [-0.3, -0.25) is 9.59 Å². The Morgan fingerprint density at radius 2 is 1.43 bits per heavy atom. The summed E-state index contributed by atoms with van der Waals surface area (Å²) in [6.45, 7) is 14.0. The Kier molecular flexibility index (Phi) is 11.0. The molecule has 0 unspecified atom stereocenters. The second-order valence-electron chi connectivity index (χ2n) is 20.0. The van der Waals surface area contributed by atoms with Gasteiger partial charge in [-0.05, 0) is 111 Å². The van der Waals surface area contributed by atoms with Gasteiger partial charge in [0.05, 0.1) is 29.6 Å². The second kappa shape index (κ2) is 14.5. The fourth-order valence-corrected chi connectivity index (χ4v) is 13.9. The van der Waals surface area contributed by atoms with Gasteiger partial charge in [-0.2, -0.15) is 0 Å². The van der Waals surface area contributed by atoms with Crippen molar-refractivity contribution < 1.29 is 69.4 Å². The van der Waals surface area contributed by atoms with Gasteiger partial charge in [0.15, 0.2) is 6.29 Å². The highest BCUT2D eigenvalue weighted by Crippen LogP contribution is 2.76. The SMILES string of the molecule is C[C@H]1[C@H](C)CC[C@]2(C(=O)O[C@H]3O[C@H](C)[C@@H](O)[C@H](O)[C@@H]3O)CC[C@]3(C(=O)O)C(=CC[C@@H]4[C@@]5(C)CC[C@H](O[C@@H]6O[C@H](CO)[C@@H](O)[C@H](O)[C@H]6O)C(C)(C)[C@@H]5CC[C@]43C)[C@H]12. The van der Waals surface area contributed by atoms with E-state index in [2.05, 4.69) is 47.6 Å². The quantitative estimate of drug-likeness (QED) is 0.110. The summed E-state index contributed by atoms with van der Waals surface area (Å²) in [6.07, 6.45) is -6.97. The lowest BCUT2D eigenvalue weighted by Crippen LogP contribution is -2.68. The smallest absolute Gasteiger partial charge is 0.315 e. The number of fused-ring (bicyclic) bond motifs is 7. The summed E-state index contributed by atoms with van der Waals surface area (Å²) in [5, 5.41) is 84.5. The van der Waals surface area contributed by atoms with Gasteiger partial charge in [0.1, 0.15) is 42.7 Å². The van der Waals surface area contributed by atoms with Crippen molar-refractivity contribution in [3.05, 3.63) is 11.6 Å². The number of aliphatic hydroxyl groups is 7. The van der Waals surface area contributed by atoms with Gasteiger partial charge in [0.25, 0.3) is 0 Å². The van der Waals surface area contributed by atoms with Crippen molar-refractivity contribution in [3.63, 3.8) is 0 Å². The minimum absolute atomic E-state index is 0.0166. The highest BCUT2D eigenvalue weighted by molar-refractivity contribution is 5.85. The van der Waals surface area contributed by atoms with Gasteiger partial charge in [0.2, 0.25) is 6.29 Å². The highest BCUT2D eigenvalue weighted by Gasteiger charge is 2.74. The number of carboxylic acids is 1. The van der Waals surface area contributed by atoms with Crippen LogP contribution in [0.25, 0.3) is 0 Å². The normalized spacial score (nSPS) is 54.0. The molecule has 0 aromatic carbocycles. The molecule has 318 valence electrons. The number of ether oxygens (including phenoxy) is 4. The van der Waals surface area contributed by atoms with Gasteiger partial charge in [0, 0.05) is 0 Å². The van der Waals surface area contributed by atoms with E-state index in [1.54, 1.807) is 0 Å². The highest BCUT2D eigenvalue weighted by atomic mass is 16.7. The number of hydrogen-bond acceptors (Lipinski definition) is 13. The number of rotatable bonds is 6. The van der Waals surface area contributed by atoms with Crippen LogP contribution in [0.15, 0.2) is 11.6 Å². The minimum atomic E-state index is -1.65. The molecule has 14 nitrogen and oxygen atoms in total. The molecule has 7 aliphatic rings. The van der Waals surface area contributed by atoms with Crippen molar-refractivity contribution in [2.45, 2.75) is 174 Å². The zero-order chi connectivity index (χ0) is 41.1. The summed E-state index contributed by atoms with van der Waals surface area (Å²) in [5.74, 6) is -1.63. The van der Waals surface area contributed by atoms with Crippen LogP contribution in [0.5, 0.6) is 0 Å². The molecule has 14 heteroatoms. The first-order valence-electron chi connectivity index (χ1n) is 20.9. The van der Waals surface area contributed by atoms with Crippen molar-refractivity contribution in [1.29, 1.82) is 0 Å². The first-order valence-corrected chi connectivity index (χ1v) is 20.9. The summed E-state index contributed by atoms with van der Waals surface area (Å²) in [7, 11) is 0. The topological polar surface area (TPSA) is 233 Å². The van der Waals surface area contributed by atoms with E-state index in [0.717, 1.165) is 24.8 Å². The molecule has 56 heavy (non-hydrogen) atoms. The summed E-state index contributed by atoms with van der Waals surface area (Å²) in [5.41, 5.74) is -2.92. The lowest BCUT2D eigenvalue weighted by Gasteiger charge is -2.70. The standard InChI is InChI=1S/C42H66O14/c1-19-10-15-41(37(52)56-34-32(48)30(46)28(44)21(3)53-34)16-17-42(36(50)51)22(27(41)20(19)2)8-9-25-39(6)13-12-26(38(4,5)24(39)11-14-40(25,42)7)55-35-33(49)31(47)29(45)23(18-43)54-35/h8,19-21,23-35,43-49H,9-18H2,1-7H3,(H,50,51)/t19-,20+,21-,23-,24+,25-,26+,27+,28-,29-,30+,31+,32+,33-,34-,35+,39+,40-,41+,42-/m1/s1. The van der Waals surface area contributed by atoms with Crippen molar-refractivity contribution >= 4 is 11.9 Å². The van der Waals surface area contributed by atoms with E-state index < -0.39 is 108 Å². The number of aliphatic hydroxyl groups excluding tert-OH is 7. The third-order valence-electron chi connectivity index (χ3n) is 17.3. The van der Waals surface area contributed by atoms with Gasteiger partial charge in [-0.1, -0.05) is 53.2 Å². The van der Waals surface area contributed by atoms with Gasteiger partial charge in [-0.15, -0.1) is 0 Å². The van der Waals surface area contributed by atoms with E-state index >= 15 is 0 Å². The molecule has 0 amide bonds. The van der Waals surface area contributed by atoms with Crippen LogP contribution in [0.4, 0.5) is 0 Å². The second-order valence-corrected chi connectivity index (χ2v) is 20.0. The third-order valence-corrected chi connectivity index (χ3v) is 17.3. The van der Waals surface area contributed by atoms with Gasteiger partial charge < -0.3 is 59.8 Å². The van der Waals surface area contributed by atoms with Crippen LogP contribution < -0.4 is 0 Å². The lowest BCUT2D eigenvalue weighted by molar-refractivity contribution is -0.330. The van der Waals surface area contributed by atoms with E-state index in [9.17, 15) is 50.4 Å². The molecule has 0 radical (unpaired) electrons. The Balaban J connectivity index is 1.21. The average molecular weight is 795 g/mol. The molecular weight excluding hydrogens is 728 g/mol. The fourth-order valence-electron chi connectivity index (χ4n) is 13.9. The summed E-state index contributed by atoms with van der Waals surface area (Å²) in [4.78, 5) is 28.8. The molecule has 6 fully saturated rings. The Labute approximate surface area is 329 Å². The van der Waals surface area contributed by atoms with Crippen LogP contribution in [0, 0.1) is 56.7 Å². The van der Waals surface area contributed by atoms with Crippen LogP contribution in [0.2, 0.25) is 0 Å².